The highest BCUT2D eigenvalue weighted by Crippen LogP contribution is 2.28. The van der Waals surface area contributed by atoms with E-state index in [2.05, 4.69) is 97.9 Å². The summed E-state index contributed by atoms with van der Waals surface area (Å²) in [5.41, 5.74) is 24.6. The van der Waals surface area contributed by atoms with Gasteiger partial charge in [0.2, 0.25) is 0 Å². The van der Waals surface area contributed by atoms with E-state index in [-0.39, 0.29) is 0 Å². The van der Waals surface area contributed by atoms with Gasteiger partial charge in [0.25, 0.3) is 0 Å². The number of rotatable bonds is 9. The molecule has 0 bridgehead atoms. The van der Waals surface area contributed by atoms with Gasteiger partial charge in [0.15, 0.2) is 0 Å². The highest BCUT2D eigenvalue weighted by atomic mass is 14.9. The van der Waals surface area contributed by atoms with Crippen LogP contribution in [0.15, 0.2) is 150 Å². The fraction of sp³-hybridized carbons (Fsp3) is 0.125. The maximum Gasteiger partial charge on any atom is 0.132 e. The van der Waals surface area contributed by atoms with Gasteiger partial charge >= 0.3 is 0 Å². The minimum absolute atomic E-state index is 0.421. The van der Waals surface area contributed by atoms with E-state index in [0.29, 0.717) is 17.5 Å². The topological polar surface area (TPSA) is 64.4 Å². The van der Waals surface area contributed by atoms with Crippen molar-refractivity contribution >= 4 is 17.2 Å². The molecule has 0 aliphatic carbocycles. The lowest BCUT2D eigenvalue weighted by molar-refractivity contribution is 0.759. The minimum atomic E-state index is 0.421. The average Bonchev–Trinajstić information content (AvgIpc) is 3.05. The molecule has 0 saturated heterocycles. The SMILES string of the molecule is C/C=C\C(C)=C(/N)c1ccccc1C(N)=Nc1ccc(-c2ccc(C(C)Cc3ccc(-c4ccccc4)cc3)cc2)cc1. The van der Waals surface area contributed by atoms with Crippen LogP contribution < -0.4 is 11.5 Å². The molecule has 0 spiro atoms. The summed E-state index contributed by atoms with van der Waals surface area (Å²) in [7, 11) is 0. The van der Waals surface area contributed by atoms with Gasteiger partial charge in [0, 0.05) is 16.8 Å². The van der Waals surface area contributed by atoms with Crippen molar-refractivity contribution in [3.05, 3.63) is 167 Å². The molecule has 5 rings (SSSR count). The summed E-state index contributed by atoms with van der Waals surface area (Å²) in [4.78, 5) is 4.71. The van der Waals surface area contributed by atoms with Crippen LogP contribution in [0.2, 0.25) is 0 Å². The van der Waals surface area contributed by atoms with Crippen LogP contribution in [0.5, 0.6) is 0 Å². The number of benzene rings is 5. The van der Waals surface area contributed by atoms with Crippen molar-refractivity contribution in [1.82, 2.24) is 0 Å². The summed E-state index contributed by atoms with van der Waals surface area (Å²) < 4.78 is 0. The number of hydrogen-bond acceptors (Lipinski definition) is 2. The lowest BCUT2D eigenvalue weighted by atomic mass is 9.91. The molecule has 0 fully saturated rings. The number of hydrogen-bond donors (Lipinski definition) is 2. The fourth-order valence-corrected chi connectivity index (χ4v) is 5.36. The normalized spacial score (nSPS) is 13.1. The van der Waals surface area contributed by atoms with Gasteiger partial charge in [-0.2, -0.15) is 0 Å². The zero-order valence-electron chi connectivity index (χ0n) is 25.2. The lowest BCUT2D eigenvalue weighted by Crippen LogP contribution is -2.16. The van der Waals surface area contributed by atoms with E-state index in [1.807, 2.05) is 62.4 Å². The van der Waals surface area contributed by atoms with E-state index in [1.54, 1.807) is 0 Å². The quantitative estimate of drug-likeness (QED) is 0.107. The predicted molar refractivity (Wildman–Crippen MR) is 184 cm³/mol. The Balaban J connectivity index is 1.26. The molecule has 0 aliphatic rings. The smallest absolute Gasteiger partial charge is 0.132 e. The van der Waals surface area contributed by atoms with Gasteiger partial charge in [0.1, 0.15) is 5.84 Å². The molecule has 4 N–H and O–H groups in total. The molecule has 5 aromatic rings. The molecule has 0 radical (unpaired) electrons. The predicted octanol–water partition coefficient (Wildman–Crippen LogP) is 9.67. The summed E-state index contributed by atoms with van der Waals surface area (Å²) >= 11 is 0. The van der Waals surface area contributed by atoms with Crippen molar-refractivity contribution in [3.8, 4) is 22.3 Å². The zero-order chi connectivity index (χ0) is 30.2. The van der Waals surface area contributed by atoms with Crippen LogP contribution in [0.4, 0.5) is 5.69 Å². The molecule has 0 amide bonds. The van der Waals surface area contributed by atoms with Crippen LogP contribution in [-0.2, 0) is 6.42 Å². The number of nitrogens with zero attached hydrogens (tertiary/aromatic N) is 1. The van der Waals surface area contributed by atoms with Crippen LogP contribution in [0.3, 0.4) is 0 Å². The van der Waals surface area contributed by atoms with E-state index < -0.39 is 0 Å². The zero-order valence-corrected chi connectivity index (χ0v) is 25.2. The molecular formula is C40H39N3. The lowest BCUT2D eigenvalue weighted by Gasteiger charge is -2.14. The van der Waals surface area contributed by atoms with Gasteiger partial charge in [-0.3, -0.25) is 0 Å². The van der Waals surface area contributed by atoms with E-state index in [1.165, 1.54) is 27.8 Å². The van der Waals surface area contributed by atoms with E-state index in [4.69, 9.17) is 16.5 Å². The molecule has 0 saturated carbocycles. The third kappa shape index (κ3) is 7.20. The Labute approximate surface area is 256 Å². The Morgan fingerprint density at radius 2 is 1.16 bits per heavy atom. The van der Waals surface area contributed by atoms with Gasteiger partial charge in [-0.25, -0.2) is 4.99 Å². The first-order valence-corrected chi connectivity index (χ1v) is 14.8. The molecule has 5 aromatic carbocycles. The van der Waals surface area contributed by atoms with Crippen molar-refractivity contribution in [2.45, 2.75) is 33.1 Å². The Kier molecular flexibility index (Phi) is 9.33. The van der Waals surface area contributed by atoms with Crippen LogP contribution in [0, 0.1) is 0 Å². The van der Waals surface area contributed by atoms with Crippen molar-refractivity contribution in [1.29, 1.82) is 0 Å². The maximum absolute atomic E-state index is 6.48. The molecule has 3 nitrogen and oxygen atoms in total. The Hall–Kier alpha value is -5.15. The van der Waals surface area contributed by atoms with Crippen LogP contribution in [0.1, 0.15) is 48.9 Å². The summed E-state index contributed by atoms with van der Waals surface area (Å²) in [5.74, 6) is 0.859. The van der Waals surface area contributed by atoms with Crippen LogP contribution in [-0.4, -0.2) is 5.84 Å². The molecule has 1 atom stereocenters. The highest BCUT2D eigenvalue weighted by Gasteiger charge is 2.11. The minimum Gasteiger partial charge on any atom is -0.398 e. The first-order valence-electron chi connectivity index (χ1n) is 14.8. The Morgan fingerprint density at radius 1 is 0.651 bits per heavy atom. The first-order chi connectivity index (χ1) is 20.9. The van der Waals surface area contributed by atoms with Crippen molar-refractivity contribution in [3.63, 3.8) is 0 Å². The number of amidine groups is 1. The molecule has 0 heterocycles. The van der Waals surface area contributed by atoms with Gasteiger partial charge in [0.05, 0.1) is 5.69 Å². The molecule has 214 valence electrons. The highest BCUT2D eigenvalue weighted by molar-refractivity contribution is 6.03. The monoisotopic (exact) mass is 561 g/mol. The maximum atomic E-state index is 6.48. The number of nitrogens with two attached hydrogens (primary N) is 2. The second-order valence-corrected chi connectivity index (χ2v) is 11.0. The number of allylic oxidation sites excluding steroid dienone is 3. The largest absolute Gasteiger partial charge is 0.398 e. The van der Waals surface area contributed by atoms with Gasteiger partial charge in [-0.1, -0.05) is 134 Å². The van der Waals surface area contributed by atoms with Gasteiger partial charge in [-0.05, 0) is 77.3 Å². The Bertz CT molecular complexity index is 1740. The molecule has 1 unspecified atom stereocenters. The second-order valence-electron chi connectivity index (χ2n) is 11.0. The second kappa shape index (κ2) is 13.7. The molecule has 0 aromatic heterocycles. The third-order valence-corrected chi connectivity index (χ3v) is 7.87. The van der Waals surface area contributed by atoms with Crippen molar-refractivity contribution in [2.75, 3.05) is 0 Å². The number of aliphatic imine (C=N–C) groups is 1. The molecular weight excluding hydrogens is 522 g/mol. The summed E-state index contributed by atoms with van der Waals surface area (Å²) in [5, 5.41) is 0. The van der Waals surface area contributed by atoms with Crippen molar-refractivity contribution < 1.29 is 0 Å². The summed E-state index contributed by atoms with van der Waals surface area (Å²) in [6.45, 7) is 6.26. The molecule has 43 heavy (non-hydrogen) atoms. The fourth-order valence-electron chi connectivity index (χ4n) is 5.36. The van der Waals surface area contributed by atoms with Gasteiger partial charge in [-0.15, -0.1) is 0 Å². The summed E-state index contributed by atoms with van der Waals surface area (Å²) in [6.07, 6.45) is 4.97. The standard InChI is InChI=1S/C40H39N3/c1-4-10-28(2)39(41)37-13-8-9-14-38(37)40(42)43-36-25-23-35(24-26-36)34-21-19-31(20-22-34)29(3)27-30-15-17-33(18-16-30)32-11-6-5-7-12-32/h4-26,29H,27,41H2,1-3H3,(H2,42,43)/b10-4-,39-28-. The van der Waals surface area contributed by atoms with Crippen LogP contribution in [0.25, 0.3) is 28.0 Å². The van der Waals surface area contributed by atoms with E-state index in [0.717, 1.165) is 34.4 Å². The molecule has 0 aliphatic heterocycles. The third-order valence-electron chi connectivity index (χ3n) is 7.87. The van der Waals surface area contributed by atoms with Gasteiger partial charge < -0.3 is 11.5 Å². The molecule has 3 heteroatoms. The summed E-state index contributed by atoms with van der Waals surface area (Å²) in [6, 6.07) is 44.4. The Morgan fingerprint density at radius 3 is 1.77 bits per heavy atom. The van der Waals surface area contributed by atoms with E-state index in [9.17, 15) is 0 Å². The first kappa shape index (κ1) is 29.3. The average molecular weight is 562 g/mol. The van der Waals surface area contributed by atoms with E-state index >= 15 is 0 Å². The van der Waals surface area contributed by atoms with Crippen molar-refractivity contribution in [2.24, 2.45) is 16.5 Å². The van der Waals surface area contributed by atoms with Crippen LogP contribution >= 0.6 is 0 Å².